The van der Waals surface area contributed by atoms with E-state index < -0.39 is 0 Å². The first-order valence-corrected chi connectivity index (χ1v) is 9.64. The lowest BCUT2D eigenvalue weighted by Gasteiger charge is -2.29. The lowest BCUT2D eigenvalue weighted by molar-refractivity contribution is -0.111. The minimum Gasteiger partial charge on any atom is -0.490 e. The van der Waals surface area contributed by atoms with Gasteiger partial charge in [0, 0.05) is 34.9 Å². The smallest absolute Gasteiger partial charge is 0.248 e. The Morgan fingerprint density at radius 1 is 1.15 bits per heavy atom. The molecule has 3 rings (SSSR count). The van der Waals surface area contributed by atoms with Gasteiger partial charge in [0.05, 0.1) is 0 Å². The first kappa shape index (κ1) is 19.7. The topological polar surface area (TPSA) is 41.6 Å². The number of amides is 1. The van der Waals surface area contributed by atoms with E-state index in [0.29, 0.717) is 15.7 Å². The third-order valence-electron chi connectivity index (χ3n) is 4.47. The van der Waals surface area contributed by atoms with Gasteiger partial charge in [-0.3, -0.25) is 4.79 Å². The summed E-state index contributed by atoms with van der Waals surface area (Å²) in [5.41, 5.74) is 1.45. The molecule has 0 radical (unpaired) electrons. The van der Waals surface area contributed by atoms with Crippen molar-refractivity contribution in [3.05, 3.63) is 64.1 Å². The van der Waals surface area contributed by atoms with E-state index in [4.69, 9.17) is 27.9 Å². The molecule has 2 aromatic rings. The number of nitrogens with zero attached hydrogens (tertiary/aromatic N) is 1. The van der Waals surface area contributed by atoms with Gasteiger partial charge in [0.15, 0.2) is 0 Å². The molecule has 27 heavy (non-hydrogen) atoms. The van der Waals surface area contributed by atoms with Crippen molar-refractivity contribution in [2.24, 2.45) is 0 Å². The zero-order valence-electron chi connectivity index (χ0n) is 15.1. The highest BCUT2D eigenvalue weighted by Crippen LogP contribution is 2.23. The van der Waals surface area contributed by atoms with Crippen LogP contribution in [0.5, 0.6) is 5.75 Å². The summed E-state index contributed by atoms with van der Waals surface area (Å²) in [5, 5.41) is 3.88. The van der Waals surface area contributed by atoms with Gasteiger partial charge in [-0.1, -0.05) is 29.3 Å². The molecule has 142 valence electrons. The number of halogens is 2. The highest BCUT2D eigenvalue weighted by Gasteiger charge is 2.17. The van der Waals surface area contributed by atoms with Crippen molar-refractivity contribution in [3.63, 3.8) is 0 Å². The third kappa shape index (κ3) is 5.99. The van der Waals surface area contributed by atoms with E-state index in [-0.39, 0.29) is 12.0 Å². The van der Waals surface area contributed by atoms with Crippen LogP contribution in [0, 0.1) is 0 Å². The summed E-state index contributed by atoms with van der Waals surface area (Å²) in [4.78, 5) is 14.4. The molecule has 1 aliphatic heterocycles. The van der Waals surface area contributed by atoms with Gasteiger partial charge in [-0.05, 0) is 67.9 Å². The van der Waals surface area contributed by atoms with Crippen LogP contribution < -0.4 is 10.1 Å². The number of likely N-dealkylation sites (tertiary alicyclic amines) is 1. The molecule has 1 heterocycles. The van der Waals surface area contributed by atoms with Gasteiger partial charge in [0.25, 0.3) is 0 Å². The van der Waals surface area contributed by atoms with Crippen molar-refractivity contribution in [2.75, 3.05) is 25.5 Å². The number of nitrogens with one attached hydrogen (secondary N) is 1. The van der Waals surface area contributed by atoms with Crippen molar-refractivity contribution in [1.29, 1.82) is 0 Å². The average Bonchev–Trinajstić information content (AvgIpc) is 2.64. The Morgan fingerprint density at radius 3 is 2.52 bits per heavy atom. The summed E-state index contributed by atoms with van der Waals surface area (Å²) < 4.78 is 6.01. The Labute approximate surface area is 169 Å². The summed E-state index contributed by atoms with van der Waals surface area (Å²) in [6, 6.07) is 12.6. The maximum absolute atomic E-state index is 12.1. The van der Waals surface area contributed by atoms with Crippen molar-refractivity contribution >= 4 is 40.9 Å². The van der Waals surface area contributed by atoms with Gasteiger partial charge in [0.2, 0.25) is 5.91 Å². The molecular formula is C21H22Cl2N2O2. The largest absolute Gasteiger partial charge is 0.490 e. The number of hydrogen-bond donors (Lipinski definition) is 1. The summed E-state index contributed by atoms with van der Waals surface area (Å²) in [6.45, 7) is 2.12. The fourth-order valence-corrected chi connectivity index (χ4v) is 3.37. The van der Waals surface area contributed by atoms with Gasteiger partial charge in [-0.2, -0.15) is 0 Å². The molecule has 0 aromatic heterocycles. The minimum atomic E-state index is -0.231. The predicted octanol–water partition coefficient (Wildman–Crippen LogP) is 5.12. The summed E-state index contributed by atoms with van der Waals surface area (Å²) in [5.74, 6) is 0.594. The zero-order valence-corrected chi connectivity index (χ0v) is 16.6. The van der Waals surface area contributed by atoms with Gasteiger partial charge in [-0.15, -0.1) is 0 Å². The molecule has 6 heteroatoms. The normalized spacial score (nSPS) is 15.8. The number of benzene rings is 2. The monoisotopic (exact) mass is 404 g/mol. The van der Waals surface area contributed by atoms with Gasteiger partial charge < -0.3 is 15.0 Å². The molecule has 0 unspecified atom stereocenters. The molecule has 1 amide bonds. The van der Waals surface area contributed by atoms with E-state index in [9.17, 15) is 4.79 Å². The molecule has 4 nitrogen and oxygen atoms in total. The van der Waals surface area contributed by atoms with Crippen LogP contribution in [0.1, 0.15) is 18.4 Å². The van der Waals surface area contributed by atoms with Crippen LogP contribution in [0.15, 0.2) is 48.5 Å². The quantitative estimate of drug-likeness (QED) is 0.703. The highest BCUT2D eigenvalue weighted by molar-refractivity contribution is 6.35. The molecule has 0 spiro atoms. The molecule has 0 aliphatic carbocycles. The third-order valence-corrected chi connectivity index (χ3v) is 5.03. The Morgan fingerprint density at radius 2 is 1.85 bits per heavy atom. The number of carbonyl (C=O) groups is 1. The second kappa shape index (κ2) is 9.27. The lowest BCUT2D eigenvalue weighted by Crippen LogP contribution is -2.35. The Kier molecular flexibility index (Phi) is 6.78. The molecule has 0 bridgehead atoms. The molecule has 1 N–H and O–H groups in total. The van der Waals surface area contributed by atoms with Crippen LogP contribution in [0.25, 0.3) is 6.08 Å². The number of carbonyl (C=O) groups excluding carboxylic acids is 1. The van der Waals surface area contributed by atoms with Gasteiger partial charge >= 0.3 is 0 Å². The van der Waals surface area contributed by atoms with Crippen LogP contribution in [0.2, 0.25) is 10.0 Å². The molecular weight excluding hydrogens is 383 g/mol. The number of anilines is 1. The minimum absolute atomic E-state index is 0.231. The van der Waals surface area contributed by atoms with E-state index >= 15 is 0 Å². The molecule has 0 saturated carbocycles. The van der Waals surface area contributed by atoms with Crippen LogP contribution in [0.3, 0.4) is 0 Å². The van der Waals surface area contributed by atoms with E-state index in [2.05, 4.69) is 17.3 Å². The van der Waals surface area contributed by atoms with Crippen molar-refractivity contribution < 1.29 is 9.53 Å². The standard InChI is InChI=1S/C21H22Cl2N2O2/c1-25-12-10-19(11-13-25)27-18-7-5-17(6-8-18)24-21(26)9-3-15-2-4-16(22)14-20(15)23/h2-9,14,19H,10-13H2,1H3,(H,24,26)/b9-3+. The van der Waals surface area contributed by atoms with Crippen molar-refractivity contribution in [1.82, 2.24) is 4.90 Å². The molecule has 1 fully saturated rings. The Balaban J connectivity index is 1.53. The Bertz CT molecular complexity index is 813. The molecule has 0 atom stereocenters. The van der Waals surface area contributed by atoms with Crippen LogP contribution in [-0.4, -0.2) is 37.0 Å². The Hall–Kier alpha value is -2.01. The van der Waals surface area contributed by atoms with Crippen LogP contribution >= 0.6 is 23.2 Å². The van der Waals surface area contributed by atoms with Gasteiger partial charge in [0.1, 0.15) is 11.9 Å². The maximum atomic E-state index is 12.1. The molecule has 2 aromatic carbocycles. The number of piperidine rings is 1. The van der Waals surface area contributed by atoms with Crippen molar-refractivity contribution in [2.45, 2.75) is 18.9 Å². The van der Waals surface area contributed by atoms with Crippen molar-refractivity contribution in [3.8, 4) is 5.75 Å². The van der Waals surface area contributed by atoms with Crippen LogP contribution in [0.4, 0.5) is 5.69 Å². The number of hydrogen-bond acceptors (Lipinski definition) is 3. The van der Waals surface area contributed by atoms with Crippen LogP contribution in [-0.2, 0) is 4.79 Å². The van der Waals surface area contributed by atoms with E-state index in [1.165, 1.54) is 6.08 Å². The summed E-state index contributed by atoms with van der Waals surface area (Å²) in [6.07, 6.45) is 5.43. The fourth-order valence-electron chi connectivity index (χ4n) is 2.90. The SMILES string of the molecule is CN1CCC(Oc2ccc(NC(=O)/C=C/c3ccc(Cl)cc3Cl)cc2)CC1. The van der Waals surface area contributed by atoms with E-state index in [0.717, 1.165) is 37.2 Å². The van der Waals surface area contributed by atoms with Gasteiger partial charge in [-0.25, -0.2) is 0 Å². The first-order valence-electron chi connectivity index (χ1n) is 8.89. The highest BCUT2D eigenvalue weighted by atomic mass is 35.5. The average molecular weight is 405 g/mol. The molecule has 1 saturated heterocycles. The molecule has 1 aliphatic rings. The summed E-state index contributed by atoms with van der Waals surface area (Å²) in [7, 11) is 2.13. The fraction of sp³-hybridized carbons (Fsp3) is 0.286. The van der Waals surface area contributed by atoms with E-state index in [1.807, 2.05) is 24.3 Å². The first-order chi connectivity index (χ1) is 13.0. The number of rotatable bonds is 5. The zero-order chi connectivity index (χ0) is 19.2. The van der Waals surface area contributed by atoms with E-state index in [1.54, 1.807) is 24.3 Å². The number of ether oxygens (including phenoxy) is 1. The second-order valence-electron chi connectivity index (χ2n) is 6.63. The lowest BCUT2D eigenvalue weighted by atomic mass is 10.1. The predicted molar refractivity (Wildman–Crippen MR) is 112 cm³/mol. The second-order valence-corrected chi connectivity index (χ2v) is 7.48. The summed E-state index contributed by atoms with van der Waals surface area (Å²) >= 11 is 12.0. The maximum Gasteiger partial charge on any atom is 0.248 e.